The zero-order valence-electron chi connectivity index (χ0n) is 12.7. The van der Waals surface area contributed by atoms with Crippen LogP contribution < -0.4 is 0 Å². The lowest BCUT2D eigenvalue weighted by molar-refractivity contribution is 0.463. The molecule has 0 spiro atoms. The van der Waals surface area contributed by atoms with E-state index >= 15 is 0 Å². The normalized spacial score (nSPS) is 12.1. The van der Waals surface area contributed by atoms with Gasteiger partial charge in [-0.2, -0.15) is 0 Å². The maximum atomic E-state index is 10.6. The number of unbranched alkanes of at least 4 members (excludes halogenated alkanes) is 1. The summed E-state index contributed by atoms with van der Waals surface area (Å²) in [6.07, 6.45) is 3.11. The Balaban J connectivity index is 1.84. The van der Waals surface area contributed by atoms with E-state index < -0.39 is 0 Å². The van der Waals surface area contributed by atoms with Crippen molar-refractivity contribution in [1.82, 2.24) is 14.1 Å². The van der Waals surface area contributed by atoms with Crippen molar-refractivity contribution >= 4 is 22.6 Å². The third kappa shape index (κ3) is 1.83. The molecule has 0 radical (unpaired) electrons. The summed E-state index contributed by atoms with van der Waals surface area (Å²) in [5.41, 5.74) is 5.20. The predicted octanol–water partition coefficient (Wildman–Crippen LogP) is 4.43. The predicted molar refractivity (Wildman–Crippen MR) is 88.9 cm³/mol. The molecule has 22 heavy (non-hydrogen) atoms. The van der Waals surface area contributed by atoms with Gasteiger partial charge in [0.15, 0.2) is 0 Å². The molecule has 0 bridgehead atoms. The van der Waals surface area contributed by atoms with Crippen LogP contribution in [-0.2, 0) is 6.42 Å². The van der Waals surface area contributed by atoms with Gasteiger partial charge in [-0.1, -0.05) is 31.0 Å². The highest BCUT2D eigenvalue weighted by Crippen LogP contribution is 2.34. The average molecular weight is 316 g/mol. The number of phenols is 1. The van der Waals surface area contributed by atoms with Crippen LogP contribution >= 0.6 is 11.6 Å². The molecule has 0 aliphatic heterocycles. The molecule has 0 amide bonds. The van der Waals surface area contributed by atoms with Crippen molar-refractivity contribution < 1.29 is 5.11 Å². The maximum Gasteiger partial charge on any atom is 0.146 e. The second-order valence-electron chi connectivity index (χ2n) is 5.90. The van der Waals surface area contributed by atoms with Crippen molar-refractivity contribution in [3.8, 4) is 11.4 Å². The SMILES string of the molecule is CCCCc1cc(C)cc(-n2n3c4ccc(Cl)cc4n23)c1O. The van der Waals surface area contributed by atoms with Crippen LogP contribution in [0.3, 0.4) is 0 Å². The van der Waals surface area contributed by atoms with E-state index in [0.29, 0.717) is 5.75 Å². The Kier molecular flexibility index (Phi) is 2.91. The monoisotopic (exact) mass is 315 g/mol. The standard InChI is InChI=1S/C17H18ClN3O/c1-3-4-5-12-8-11(2)9-16(17(12)22)21-19-14-7-6-13(18)10-15(14)20(19)21/h6-10,22H,3-5H2,1-2H3. The van der Waals surface area contributed by atoms with Crippen LogP contribution in [0, 0.1) is 6.92 Å². The Morgan fingerprint density at radius 3 is 2.64 bits per heavy atom. The first kappa shape index (κ1) is 13.6. The number of fused-ring (bicyclic) bond motifs is 4. The Morgan fingerprint density at radius 2 is 1.86 bits per heavy atom. The molecule has 0 aliphatic rings. The summed E-state index contributed by atoms with van der Waals surface area (Å²) in [5, 5.41) is 11.4. The first-order valence-corrected chi connectivity index (χ1v) is 8.01. The van der Waals surface area contributed by atoms with Crippen LogP contribution in [0.1, 0.15) is 30.9 Å². The van der Waals surface area contributed by atoms with Crippen LogP contribution in [0.15, 0.2) is 30.3 Å². The number of aromatic nitrogens is 3. The smallest absolute Gasteiger partial charge is 0.146 e. The third-order valence-corrected chi connectivity index (χ3v) is 4.44. The lowest BCUT2D eigenvalue weighted by Gasteiger charge is -2.08. The average Bonchev–Trinajstić information content (AvgIpc) is 3.15. The minimum absolute atomic E-state index is 0.380. The number of aryl methyl sites for hydroxylation is 2. The topological polar surface area (TPSA) is 34.0 Å². The zero-order chi connectivity index (χ0) is 15.4. The Morgan fingerprint density at radius 1 is 1.09 bits per heavy atom. The number of aromatic hydroxyl groups is 1. The number of hydrogen-bond acceptors (Lipinski definition) is 1. The van der Waals surface area contributed by atoms with E-state index in [1.807, 2.05) is 38.3 Å². The maximum absolute atomic E-state index is 10.6. The number of halogens is 1. The molecular weight excluding hydrogens is 298 g/mol. The molecule has 4 rings (SSSR count). The van der Waals surface area contributed by atoms with E-state index in [2.05, 4.69) is 19.9 Å². The van der Waals surface area contributed by atoms with Gasteiger partial charge in [-0.25, -0.2) is 0 Å². The van der Waals surface area contributed by atoms with Gasteiger partial charge in [-0.3, -0.25) is 0 Å². The summed E-state index contributed by atoms with van der Waals surface area (Å²) in [7, 11) is 0. The van der Waals surface area contributed by atoms with Gasteiger partial charge < -0.3 is 5.11 Å². The zero-order valence-corrected chi connectivity index (χ0v) is 13.4. The van der Waals surface area contributed by atoms with E-state index in [9.17, 15) is 5.11 Å². The molecule has 114 valence electrons. The quantitative estimate of drug-likeness (QED) is 0.594. The molecule has 2 heterocycles. The van der Waals surface area contributed by atoms with Crippen molar-refractivity contribution in [2.24, 2.45) is 0 Å². The highest BCUT2D eigenvalue weighted by atomic mass is 35.5. The summed E-state index contributed by atoms with van der Waals surface area (Å²) in [5.74, 6) is 0.380. The molecule has 1 N–H and O–H groups in total. The molecule has 2 aromatic carbocycles. The van der Waals surface area contributed by atoms with Gasteiger partial charge in [0.1, 0.15) is 22.5 Å². The summed E-state index contributed by atoms with van der Waals surface area (Å²) < 4.78 is 4.04. The van der Waals surface area contributed by atoms with Crippen LogP contribution in [-0.4, -0.2) is 19.2 Å². The Bertz CT molecular complexity index is 960. The van der Waals surface area contributed by atoms with Crippen molar-refractivity contribution in [2.75, 3.05) is 0 Å². The number of benzene rings is 2. The van der Waals surface area contributed by atoms with Gasteiger partial charge in [0.05, 0.1) is 0 Å². The Hall–Kier alpha value is -2.07. The van der Waals surface area contributed by atoms with Crippen LogP contribution in [0.4, 0.5) is 0 Å². The van der Waals surface area contributed by atoms with E-state index in [-0.39, 0.29) is 0 Å². The van der Waals surface area contributed by atoms with E-state index in [0.717, 1.165) is 52.1 Å². The molecule has 5 heteroatoms. The van der Waals surface area contributed by atoms with Gasteiger partial charge in [-0.05, 0) is 55.2 Å². The fourth-order valence-electron chi connectivity index (χ4n) is 3.06. The number of hydrogen-bond donors (Lipinski definition) is 1. The molecule has 0 fully saturated rings. The fourth-order valence-corrected chi connectivity index (χ4v) is 3.23. The van der Waals surface area contributed by atoms with Crippen LogP contribution in [0.25, 0.3) is 16.7 Å². The summed E-state index contributed by atoms with van der Waals surface area (Å²) in [4.78, 5) is 1.98. The number of phenolic OH excluding ortho intramolecular Hbond substituents is 1. The van der Waals surface area contributed by atoms with Crippen molar-refractivity contribution in [2.45, 2.75) is 33.1 Å². The van der Waals surface area contributed by atoms with Gasteiger partial charge in [0.2, 0.25) is 0 Å². The molecule has 0 aliphatic carbocycles. The van der Waals surface area contributed by atoms with Crippen LogP contribution in [0.2, 0.25) is 5.02 Å². The molecular formula is C17H18ClN3O. The minimum Gasteiger partial charge on any atom is -0.505 e. The van der Waals surface area contributed by atoms with Gasteiger partial charge in [-0.15, -0.1) is 14.1 Å². The first-order valence-electron chi connectivity index (χ1n) is 7.64. The van der Waals surface area contributed by atoms with E-state index in [1.54, 1.807) is 0 Å². The van der Waals surface area contributed by atoms with E-state index in [1.165, 1.54) is 0 Å². The minimum atomic E-state index is 0.380. The van der Waals surface area contributed by atoms with Crippen molar-refractivity contribution in [1.29, 1.82) is 0 Å². The Labute approximate surface area is 133 Å². The summed E-state index contributed by atoms with van der Waals surface area (Å²) in [6.45, 7) is 4.23. The highest BCUT2D eigenvalue weighted by Gasteiger charge is 2.26. The number of nitrogens with zero attached hydrogens (tertiary/aromatic N) is 3. The lowest BCUT2D eigenvalue weighted by atomic mass is 10.0. The second-order valence-corrected chi connectivity index (χ2v) is 6.33. The molecule has 4 aromatic rings. The van der Waals surface area contributed by atoms with Gasteiger partial charge in [0.25, 0.3) is 0 Å². The number of rotatable bonds is 4. The van der Waals surface area contributed by atoms with Gasteiger partial charge in [0, 0.05) is 5.02 Å². The summed E-state index contributed by atoms with van der Waals surface area (Å²) >= 11 is 6.05. The lowest BCUT2D eigenvalue weighted by Crippen LogP contribution is -1.94. The molecule has 4 nitrogen and oxygen atoms in total. The summed E-state index contributed by atoms with van der Waals surface area (Å²) in [6, 6.07) is 9.92. The fraction of sp³-hybridized carbons (Fsp3) is 0.294. The molecule has 0 saturated carbocycles. The molecule has 0 saturated heterocycles. The molecule has 0 unspecified atom stereocenters. The largest absolute Gasteiger partial charge is 0.505 e. The van der Waals surface area contributed by atoms with E-state index in [4.69, 9.17) is 11.6 Å². The third-order valence-electron chi connectivity index (χ3n) is 4.20. The van der Waals surface area contributed by atoms with Crippen LogP contribution in [0.5, 0.6) is 5.75 Å². The van der Waals surface area contributed by atoms with Crippen molar-refractivity contribution in [3.63, 3.8) is 0 Å². The first-order chi connectivity index (χ1) is 10.6. The molecule has 0 atom stereocenters. The van der Waals surface area contributed by atoms with Crippen molar-refractivity contribution in [3.05, 3.63) is 46.5 Å². The molecule has 2 aromatic heterocycles. The highest BCUT2D eigenvalue weighted by molar-refractivity contribution is 6.31. The second kappa shape index (κ2) is 4.71. The van der Waals surface area contributed by atoms with Gasteiger partial charge >= 0.3 is 0 Å².